The molecule has 1 aliphatic heterocycles. The average Bonchev–Trinajstić information content (AvgIpc) is 2.65. The van der Waals surface area contributed by atoms with Crippen LogP contribution in [0.1, 0.15) is 18.2 Å². The lowest BCUT2D eigenvalue weighted by Crippen LogP contribution is -2.28. The number of aromatic nitrogens is 2. The van der Waals surface area contributed by atoms with E-state index < -0.39 is 30.8 Å². The van der Waals surface area contributed by atoms with Crippen molar-refractivity contribution in [3.05, 3.63) is 22.2 Å². The Hall–Kier alpha value is -1.47. The molecular weight excluding hydrogens is 229 g/mol. The number of rotatable bonds is 2. The van der Waals surface area contributed by atoms with Crippen LogP contribution in [0.15, 0.2) is 11.0 Å². The summed E-state index contributed by atoms with van der Waals surface area (Å²) in [6.07, 6.45) is -1.39. The minimum absolute atomic E-state index is 0.0240. The van der Waals surface area contributed by atoms with E-state index in [0.29, 0.717) is 5.56 Å². The van der Waals surface area contributed by atoms with Gasteiger partial charge in [-0.3, -0.25) is 4.57 Å². The molecule has 0 unspecified atom stereocenters. The fourth-order valence-corrected chi connectivity index (χ4v) is 1.81. The molecular formula is C10H14FN3O3. The topological polar surface area (TPSA) is 90.4 Å². The number of halogens is 1. The molecule has 3 N–H and O–H groups in total. The number of ether oxygens (including phenoxy) is 1. The van der Waals surface area contributed by atoms with Crippen molar-refractivity contribution < 1.29 is 14.2 Å². The van der Waals surface area contributed by atoms with Gasteiger partial charge < -0.3 is 15.6 Å². The van der Waals surface area contributed by atoms with Crippen LogP contribution < -0.4 is 11.4 Å². The smallest absolute Gasteiger partial charge is 0.351 e. The molecule has 1 fully saturated rings. The van der Waals surface area contributed by atoms with Gasteiger partial charge in [-0.2, -0.15) is 4.98 Å². The molecule has 1 aliphatic rings. The summed E-state index contributed by atoms with van der Waals surface area (Å²) in [6.45, 7) is 1.29. The first kappa shape index (κ1) is 12.0. The largest absolute Gasteiger partial charge is 0.394 e. The van der Waals surface area contributed by atoms with Crippen LogP contribution in [0.2, 0.25) is 0 Å². The highest BCUT2D eigenvalue weighted by Gasteiger charge is 2.36. The lowest BCUT2D eigenvalue weighted by molar-refractivity contribution is -0.0355. The molecule has 2 heterocycles. The second kappa shape index (κ2) is 4.42. The number of aliphatic hydroxyl groups excluding tert-OH is 1. The third kappa shape index (κ3) is 2.16. The van der Waals surface area contributed by atoms with Crippen LogP contribution in [-0.4, -0.2) is 33.5 Å². The summed E-state index contributed by atoms with van der Waals surface area (Å²) in [7, 11) is 0. The lowest BCUT2D eigenvalue weighted by atomic mass is 10.2. The second-order valence-electron chi connectivity index (χ2n) is 4.06. The highest BCUT2D eigenvalue weighted by atomic mass is 19.1. The summed E-state index contributed by atoms with van der Waals surface area (Å²) in [5.74, 6) is 0.153. The first-order valence-corrected chi connectivity index (χ1v) is 5.28. The molecule has 0 aromatic carbocycles. The quantitative estimate of drug-likeness (QED) is 0.747. The number of hydrogen-bond acceptors (Lipinski definition) is 5. The predicted molar refractivity (Wildman–Crippen MR) is 58.2 cm³/mol. The second-order valence-corrected chi connectivity index (χ2v) is 4.06. The number of hydrogen-bond donors (Lipinski definition) is 2. The highest BCUT2D eigenvalue weighted by Crippen LogP contribution is 2.29. The van der Waals surface area contributed by atoms with Crippen LogP contribution in [0, 0.1) is 6.92 Å². The standard InChI is InChI=1S/C10H14FN3O3/c1-5-3-14(10(16)13-9(5)12)8-2-6(11)7(4-15)17-8/h3,6-8,15H,2,4H2,1H3,(H2,12,13,16)/t6-,7+,8+/m0/s1. The van der Waals surface area contributed by atoms with Gasteiger partial charge in [0.25, 0.3) is 0 Å². The van der Waals surface area contributed by atoms with E-state index in [9.17, 15) is 9.18 Å². The van der Waals surface area contributed by atoms with Crippen molar-refractivity contribution in [2.24, 2.45) is 0 Å². The number of anilines is 1. The van der Waals surface area contributed by atoms with Gasteiger partial charge in [-0.25, -0.2) is 9.18 Å². The SMILES string of the molecule is Cc1cn([C@H]2C[C@H](F)[C@@H](CO)O2)c(=O)nc1N. The Morgan fingerprint density at radius 2 is 2.47 bits per heavy atom. The lowest BCUT2D eigenvalue weighted by Gasteiger charge is -2.15. The van der Waals surface area contributed by atoms with Crippen molar-refractivity contribution in [1.82, 2.24) is 9.55 Å². The fraction of sp³-hybridized carbons (Fsp3) is 0.600. The summed E-state index contributed by atoms with van der Waals surface area (Å²) in [5.41, 5.74) is 5.53. The van der Waals surface area contributed by atoms with Crippen LogP contribution in [0.4, 0.5) is 10.2 Å². The maximum Gasteiger partial charge on any atom is 0.351 e. The number of nitrogens with zero attached hydrogens (tertiary/aromatic N) is 2. The Balaban J connectivity index is 2.30. The molecule has 94 valence electrons. The van der Waals surface area contributed by atoms with Crippen molar-refractivity contribution >= 4 is 5.82 Å². The van der Waals surface area contributed by atoms with Crippen molar-refractivity contribution in [1.29, 1.82) is 0 Å². The summed E-state index contributed by atoms with van der Waals surface area (Å²) in [6, 6.07) is 0. The molecule has 0 radical (unpaired) electrons. The Morgan fingerprint density at radius 1 is 1.76 bits per heavy atom. The Morgan fingerprint density at radius 3 is 3.06 bits per heavy atom. The zero-order valence-electron chi connectivity index (χ0n) is 9.34. The zero-order valence-corrected chi connectivity index (χ0v) is 9.34. The van der Waals surface area contributed by atoms with Crippen LogP contribution in [-0.2, 0) is 4.74 Å². The van der Waals surface area contributed by atoms with E-state index in [-0.39, 0.29) is 12.2 Å². The minimum atomic E-state index is -1.28. The zero-order chi connectivity index (χ0) is 12.6. The van der Waals surface area contributed by atoms with Crippen LogP contribution in [0.5, 0.6) is 0 Å². The molecule has 6 nitrogen and oxygen atoms in total. The first-order valence-electron chi connectivity index (χ1n) is 5.28. The number of nitrogens with two attached hydrogens (primary N) is 1. The van der Waals surface area contributed by atoms with Crippen molar-refractivity contribution in [3.8, 4) is 0 Å². The molecule has 7 heteroatoms. The molecule has 0 saturated carbocycles. The number of aryl methyl sites for hydroxylation is 1. The third-order valence-corrected chi connectivity index (χ3v) is 2.83. The number of aliphatic hydroxyl groups is 1. The van der Waals surface area contributed by atoms with Crippen molar-refractivity contribution in [2.75, 3.05) is 12.3 Å². The predicted octanol–water partition coefficient (Wildman–Crippen LogP) is -0.248. The van der Waals surface area contributed by atoms with E-state index in [4.69, 9.17) is 15.6 Å². The molecule has 1 aromatic rings. The third-order valence-electron chi connectivity index (χ3n) is 2.83. The van der Waals surface area contributed by atoms with Gasteiger partial charge in [0.1, 0.15) is 24.3 Å². The normalized spacial score (nSPS) is 28.5. The van der Waals surface area contributed by atoms with Gasteiger partial charge in [0.05, 0.1) is 6.61 Å². The summed E-state index contributed by atoms with van der Waals surface area (Å²) in [5, 5.41) is 8.88. The highest BCUT2D eigenvalue weighted by molar-refractivity contribution is 5.35. The van der Waals surface area contributed by atoms with Gasteiger partial charge in [0.2, 0.25) is 0 Å². The average molecular weight is 243 g/mol. The molecule has 17 heavy (non-hydrogen) atoms. The van der Waals surface area contributed by atoms with E-state index in [2.05, 4.69) is 4.98 Å². The molecule has 0 bridgehead atoms. The van der Waals surface area contributed by atoms with Crippen LogP contribution in [0.25, 0.3) is 0 Å². The van der Waals surface area contributed by atoms with Gasteiger partial charge >= 0.3 is 5.69 Å². The fourth-order valence-electron chi connectivity index (χ4n) is 1.81. The molecule has 2 rings (SSSR count). The minimum Gasteiger partial charge on any atom is -0.394 e. The van der Waals surface area contributed by atoms with Crippen LogP contribution >= 0.6 is 0 Å². The molecule has 1 aromatic heterocycles. The van der Waals surface area contributed by atoms with E-state index in [1.54, 1.807) is 6.92 Å². The molecule has 0 aliphatic carbocycles. The van der Waals surface area contributed by atoms with Crippen molar-refractivity contribution in [2.45, 2.75) is 31.8 Å². The Bertz CT molecular complexity index is 476. The van der Waals surface area contributed by atoms with Gasteiger partial charge in [-0.1, -0.05) is 0 Å². The molecule has 1 saturated heterocycles. The van der Waals surface area contributed by atoms with E-state index in [1.807, 2.05) is 0 Å². The van der Waals surface area contributed by atoms with Gasteiger partial charge in [-0.15, -0.1) is 0 Å². The molecule has 0 spiro atoms. The van der Waals surface area contributed by atoms with E-state index in [0.717, 1.165) is 0 Å². The summed E-state index contributed by atoms with van der Waals surface area (Å²) < 4.78 is 19.8. The Labute approximate surface area is 96.8 Å². The number of alkyl halides is 1. The van der Waals surface area contributed by atoms with Gasteiger partial charge in [-0.05, 0) is 6.92 Å². The van der Waals surface area contributed by atoms with Crippen molar-refractivity contribution in [3.63, 3.8) is 0 Å². The molecule has 0 amide bonds. The van der Waals surface area contributed by atoms with Gasteiger partial charge in [0, 0.05) is 18.2 Å². The van der Waals surface area contributed by atoms with E-state index >= 15 is 0 Å². The first-order chi connectivity index (χ1) is 8.02. The maximum atomic E-state index is 13.4. The monoisotopic (exact) mass is 243 g/mol. The summed E-state index contributed by atoms with van der Waals surface area (Å²) >= 11 is 0. The number of nitrogen functional groups attached to an aromatic ring is 1. The summed E-state index contributed by atoms with van der Waals surface area (Å²) in [4.78, 5) is 15.2. The maximum absolute atomic E-state index is 13.4. The Kier molecular flexibility index (Phi) is 3.12. The molecule has 3 atom stereocenters. The van der Waals surface area contributed by atoms with E-state index in [1.165, 1.54) is 10.8 Å². The van der Waals surface area contributed by atoms with Crippen LogP contribution in [0.3, 0.4) is 0 Å². The van der Waals surface area contributed by atoms with Gasteiger partial charge in [0.15, 0.2) is 0 Å².